The molecule has 2 rings (SSSR count). The van der Waals surface area contributed by atoms with Crippen molar-refractivity contribution in [2.24, 2.45) is 0 Å². The highest BCUT2D eigenvalue weighted by Crippen LogP contribution is 2.34. The van der Waals surface area contributed by atoms with Gasteiger partial charge < -0.3 is 5.32 Å². The lowest BCUT2D eigenvalue weighted by atomic mass is 10.2. The van der Waals surface area contributed by atoms with E-state index < -0.39 is 0 Å². The van der Waals surface area contributed by atoms with Gasteiger partial charge in [-0.2, -0.15) is 0 Å². The Morgan fingerprint density at radius 1 is 1.15 bits per heavy atom. The molecule has 0 bridgehead atoms. The lowest BCUT2D eigenvalue weighted by molar-refractivity contribution is 0.588. The smallest absolute Gasteiger partial charge is 0.0406 e. The molecular formula is C16H17BrClNS. The van der Waals surface area contributed by atoms with Crippen LogP contribution in [0.3, 0.4) is 0 Å². The second-order valence-electron chi connectivity index (χ2n) is 4.86. The first kappa shape index (κ1) is 15.9. The van der Waals surface area contributed by atoms with Crippen LogP contribution in [0.1, 0.15) is 19.4 Å². The van der Waals surface area contributed by atoms with Crippen LogP contribution in [0.5, 0.6) is 0 Å². The molecule has 0 radical (unpaired) electrons. The fourth-order valence-corrected chi connectivity index (χ4v) is 3.30. The Bertz CT molecular complexity index is 569. The largest absolute Gasteiger partial charge is 0.310 e. The van der Waals surface area contributed by atoms with E-state index in [-0.39, 0.29) is 0 Å². The molecule has 0 aliphatic heterocycles. The Labute approximate surface area is 138 Å². The third-order valence-corrected chi connectivity index (χ3v) is 5.01. The molecule has 0 unspecified atom stereocenters. The Hall–Kier alpha value is -0.480. The van der Waals surface area contributed by atoms with Gasteiger partial charge in [-0.1, -0.05) is 43.3 Å². The maximum atomic E-state index is 5.90. The van der Waals surface area contributed by atoms with Gasteiger partial charge in [0.2, 0.25) is 0 Å². The van der Waals surface area contributed by atoms with Crippen LogP contribution in [0.2, 0.25) is 5.02 Å². The van der Waals surface area contributed by atoms with Crippen molar-refractivity contribution in [1.82, 2.24) is 5.32 Å². The van der Waals surface area contributed by atoms with E-state index in [9.17, 15) is 0 Å². The van der Waals surface area contributed by atoms with Gasteiger partial charge in [0.1, 0.15) is 0 Å². The lowest BCUT2D eigenvalue weighted by Crippen LogP contribution is -2.21. The second-order valence-corrected chi connectivity index (χ2v) is 7.26. The molecule has 0 aliphatic carbocycles. The summed E-state index contributed by atoms with van der Waals surface area (Å²) in [6, 6.07) is 14.9. The van der Waals surface area contributed by atoms with Crippen molar-refractivity contribution in [1.29, 1.82) is 0 Å². The summed E-state index contributed by atoms with van der Waals surface area (Å²) in [6.45, 7) is 5.20. The molecule has 0 atom stereocenters. The van der Waals surface area contributed by atoms with Gasteiger partial charge in [0.15, 0.2) is 0 Å². The van der Waals surface area contributed by atoms with E-state index in [1.807, 2.05) is 24.3 Å². The van der Waals surface area contributed by atoms with Gasteiger partial charge in [0.05, 0.1) is 0 Å². The Morgan fingerprint density at radius 2 is 1.85 bits per heavy atom. The SMILES string of the molecule is CC(C)NCc1ccc(Sc2ccc(Cl)cc2)c(Br)c1. The molecule has 0 saturated carbocycles. The van der Waals surface area contributed by atoms with E-state index in [4.69, 9.17) is 11.6 Å². The summed E-state index contributed by atoms with van der Waals surface area (Å²) in [4.78, 5) is 2.39. The quantitative estimate of drug-likeness (QED) is 0.719. The monoisotopic (exact) mass is 369 g/mol. The molecule has 0 heterocycles. The molecular weight excluding hydrogens is 354 g/mol. The van der Waals surface area contributed by atoms with E-state index in [1.54, 1.807) is 11.8 Å². The summed E-state index contributed by atoms with van der Waals surface area (Å²) in [5, 5.41) is 4.19. The van der Waals surface area contributed by atoms with Crippen LogP contribution in [-0.2, 0) is 6.54 Å². The van der Waals surface area contributed by atoms with Crippen LogP contribution in [0, 0.1) is 0 Å². The van der Waals surface area contributed by atoms with Gasteiger partial charge in [-0.25, -0.2) is 0 Å². The summed E-state index contributed by atoms with van der Waals surface area (Å²) in [5.41, 5.74) is 1.28. The number of rotatable bonds is 5. The van der Waals surface area contributed by atoms with E-state index in [0.29, 0.717) is 6.04 Å². The standard InChI is InChI=1S/C16H17BrClNS/c1-11(2)19-10-12-3-8-16(15(17)9-12)20-14-6-4-13(18)5-7-14/h3-9,11,19H,10H2,1-2H3. The van der Waals surface area contributed by atoms with Crippen LogP contribution in [0.15, 0.2) is 56.7 Å². The van der Waals surface area contributed by atoms with Crippen molar-refractivity contribution in [2.75, 3.05) is 0 Å². The summed E-state index contributed by atoms with van der Waals surface area (Å²) in [7, 11) is 0. The maximum absolute atomic E-state index is 5.90. The fraction of sp³-hybridized carbons (Fsp3) is 0.250. The minimum atomic E-state index is 0.497. The molecule has 1 nitrogen and oxygen atoms in total. The number of halogens is 2. The first-order chi connectivity index (χ1) is 9.54. The summed E-state index contributed by atoms with van der Waals surface area (Å²) >= 11 is 11.3. The van der Waals surface area contributed by atoms with Crippen molar-refractivity contribution < 1.29 is 0 Å². The molecule has 20 heavy (non-hydrogen) atoms. The number of benzene rings is 2. The van der Waals surface area contributed by atoms with E-state index in [2.05, 4.69) is 53.3 Å². The Balaban J connectivity index is 2.07. The van der Waals surface area contributed by atoms with Crippen LogP contribution in [-0.4, -0.2) is 6.04 Å². The molecule has 0 aromatic heterocycles. The summed E-state index contributed by atoms with van der Waals surface area (Å²) in [6.07, 6.45) is 0. The first-order valence-corrected chi connectivity index (χ1v) is 8.48. The predicted molar refractivity (Wildman–Crippen MR) is 91.7 cm³/mol. The van der Waals surface area contributed by atoms with Gasteiger partial charge in [0, 0.05) is 31.9 Å². The van der Waals surface area contributed by atoms with E-state index in [0.717, 1.165) is 16.0 Å². The van der Waals surface area contributed by atoms with Crippen LogP contribution in [0.25, 0.3) is 0 Å². The maximum Gasteiger partial charge on any atom is 0.0406 e. The highest BCUT2D eigenvalue weighted by Gasteiger charge is 2.04. The van der Waals surface area contributed by atoms with E-state index >= 15 is 0 Å². The zero-order valence-electron chi connectivity index (χ0n) is 11.5. The molecule has 2 aromatic carbocycles. The highest BCUT2D eigenvalue weighted by atomic mass is 79.9. The van der Waals surface area contributed by atoms with Crippen molar-refractivity contribution in [2.45, 2.75) is 36.2 Å². The normalized spacial score (nSPS) is 11.1. The Kier molecular flexibility index (Phi) is 5.97. The van der Waals surface area contributed by atoms with Gasteiger partial charge in [-0.05, 0) is 57.9 Å². The summed E-state index contributed by atoms with van der Waals surface area (Å²) in [5.74, 6) is 0. The van der Waals surface area contributed by atoms with Crippen molar-refractivity contribution in [3.05, 3.63) is 57.5 Å². The molecule has 1 N–H and O–H groups in total. The Morgan fingerprint density at radius 3 is 2.45 bits per heavy atom. The second kappa shape index (κ2) is 7.51. The average Bonchev–Trinajstić information content (AvgIpc) is 2.41. The molecule has 106 valence electrons. The molecule has 0 spiro atoms. The number of hydrogen-bond donors (Lipinski definition) is 1. The van der Waals surface area contributed by atoms with Gasteiger partial charge in [-0.15, -0.1) is 0 Å². The third-order valence-electron chi connectivity index (χ3n) is 2.75. The van der Waals surface area contributed by atoms with Crippen molar-refractivity contribution >= 4 is 39.3 Å². The summed E-state index contributed by atoms with van der Waals surface area (Å²) < 4.78 is 1.13. The minimum Gasteiger partial charge on any atom is -0.310 e. The number of nitrogens with one attached hydrogen (secondary N) is 1. The lowest BCUT2D eigenvalue weighted by Gasteiger charge is -2.10. The first-order valence-electron chi connectivity index (χ1n) is 6.50. The fourth-order valence-electron chi connectivity index (χ4n) is 1.69. The zero-order chi connectivity index (χ0) is 14.5. The van der Waals surface area contributed by atoms with Crippen molar-refractivity contribution in [3.8, 4) is 0 Å². The van der Waals surface area contributed by atoms with Gasteiger partial charge >= 0.3 is 0 Å². The topological polar surface area (TPSA) is 12.0 Å². The van der Waals surface area contributed by atoms with Crippen LogP contribution < -0.4 is 5.32 Å². The molecule has 0 saturated heterocycles. The van der Waals surface area contributed by atoms with E-state index in [1.165, 1.54) is 15.4 Å². The molecule has 2 aromatic rings. The van der Waals surface area contributed by atoms with Crippen LogP contribution in [0.4, 0.5) is 0 Å². The highest BCUT2D eigenvalue weighted by molar-refractivity contribution is 9.10. The zero-order valence-corrected chi connectivity index (χ0v) is 14.6. The predicted octanol–water partition coefficient (Wildman–Crippen LogP) is 5.75. The average molecular weight is 371 g/mol. The van der Waals surface area contributed by atoms with Crippen molar-refractivity contribution in [3.63, 3.8) is 0 Å². The molecule has 4 heteroatoms. The third kappa shape index (κ3) is 4.81. The van der Waals surface area contributed by atoms with Gasteiger partial charge in [-0.3, -0.25) is 0 Å². The molecule has 0 amide bonds. The molecule has 0 aliphatic rings. The van der Waals surface area contributed by atoms with Gasteiger partial charge in [0.25, 0.3) is 0 Å². The van der Waals surface area contributed by atoms with Crippen LogP contribution >= 0.6 is 39.3 Å². The molecule has 0 fully saturated rings. The minimum absolute atomic E-state index is 0.497. The number of hydrogen-bond acceptors (Lipinski definition) is 2.